The van der Waals surface area contributed by atoms with Crippen molar-refractivity contribution in [1.82, 2.24) is 4.31 Å². The molecule has 29 heavy (non-hydrogen) atoms. The van der Waals surface area contributed by atoms with Gasteiger partial charge in [-0.3, -0.25) is 4.79 Å². The van der Waals surface area contributed by atoms with Crippen molar-refractivity contribution in [2.24, 2.45) is 0 Å². The Bertz CT molecular complexity index is 936. The van der Waals surface area contributed by atoms with Crippen LogP contribution < -0.4 is 10.1 Å². The number of benzene rings is 2. The number of anilines is 1. The lowest BCUT2D eigenvalue weighted by Gasteiger charge is -2.19. The van der Waals surface area contributed by atoms with Crippen LogP contribution in [0.2, 0.25) is 0 Å². The Labute approximate surface area is 173 Å². The number of aryl methyl sites for hydroxylation is 2. The zero-order valence-electron chi connectivity index (χ0n) is 17.7. The molecule has 1 amide bonds. The van der Waals surface area contributed by atoms with Gasteiger partial charge in [0.1, 0.15) is 5.75 Å². The highest BCUT2D eigenvalue weighted by Gasteiger charge is 2.22. The van der Waals surface area contributed by atoms with E-state index in [1.807, 2.05) is 39.0 Å². The van der Waals surface area contributed by atoms with Crippen LogP contribution in [0, 0.1) is 13.8 Å². The van der Waals surface area contributed by atoms with Crippen LogP contribution in [0.1, 0.15) is 38.3 Å². The van der Waals surface area contributed by atoms with Gasteiger partial charge < -0.3 is 10.1 Å². The van der Waals surface area contributed by atoms with Gasteiger partial charge in [0.05, 0.1) is 4.90 Å². The summed E-state index contributed by atoms with van der Waals surface area (Å²) in [6, 6.07) is 11.9. The zero-order valence-corrected chi connectivity index (χ0v) is 18.5. The van der Waals surface area contributed by atoms with Gasteiger partial charge in [-0.25, -0.2) is 8.42 Å². The van der Waals surface area contributed by atoms with Gasteiger partial charge in [-0.05, 0) is 67.8 Å². The molecule has 6 nitrogen and oxygen atoms in total. The molecule has 1 N–H and O–H groups in total. The second-order valence-corrected chi connectivity index (χ2v) is 8.80. The summed E-state index contributed by atoms with van der Waals surface area (Å²) in [7, 11) is -3.52. The topological polar surface area (TPSA) is 75.7 Å². The van der Waals surface area contributed by atoms with Crippen molar-refractivity contribution in [1.29, 1.82) is 0 Å². The van der Waals surface area contributed by atoms with Crippen molar-refractivity contribution in [3.8, 4) is 5.75 Å². The fraction of sp³-hybridized carbons (Fsp3) is 0.409. The van der Waals surface area contributed by atoms with E-state index in [1.165, 1.54) is 16.4 Å². The number of rotatable bonds is 9. The molecule has 0 aromatic heterocycles. The van der Waals surface area contributed by atoms with Crippen LogP contribution in [-0.2, 0) is 14.8 Å². The first kappa shape index (κ1) is 22.9. The van der Waals surface area contributed by atoms with Crippen molar-refractivity contribution in [2.75, 3.05) is 18.4 Å². The van der Waals surface area contributed by atoms with Crippen LogP contribution in [0.25, 0.3) is 0 Å². The predicted octanol–water partition coefficient (Wildman–Crippen LogP) is 4.13. The Morgan fingerprint density at radius 3 is 2.14 bits per heavy atom. The molecule has 0 aliphatic carbocycles. The summed E-state index contributed by atoms with van der Waals surface area (Å²) in [6.07, 6.45) is -0.135. The van der Waals surface area contributed by atoms with Gasteiger partial charge in [0.25, 0.3) is 5.91 Å². The summed E-state index contributed by atoms with van der Waals surface area (Å²) in [5, 5.41) is 2.80. The lowest BCUT2D eigenvalue weighted by molar-refractivity contribution is -0.122. The van der Waals surface area contributed by atoms with E-state index in [0.717, 1.165) is 11.1 Å². The average Bonchev–Trinajstić information content (AvgIpc) is 2.69. The first-order valence-corrected chi connectivity index (χ1v) is 11.3. The largest absolute Gasteiger partial charge is 0.481 e. The van der Waals surface area contributed by atoms with Gasteiger partial charge in [-0.1, -0.05) is 26.8 Å². The van der Waals surface area contributed by atoms with Crippen molar-refractivity contribution >= 4 is 21.6 Å². The predicted molar refractivity (Wildman–Crippen MR) is 116 cm³/mol. The van der Waals surface area contributed by atoms with Crippen molar-refractivity contribution in [2.45, 2.75) is 52.0 Å². The third kappa shape index (κ3) is 5.58. The second kappa shape index (κ2) is 9.89. The summed E-state index contributed by atoms with van der Waals surface area (Å²) in [6.45, 7) is 10.3. The highest BCUT2D eigenvalue weighted by molar-refractivity contribution is 7.89. The van der Waals surface area contributed by atoms with Gasteiger partial charge in [0, 0.05) is 18.8 Å². The fourth-order valence-electron chi connectivity index (χ4n) is 2.92. The molecule has 2 rings (SSSR count). The molecular weight excluding hydrogens is 388 g/mol. The molecule has 0 spiro atoms. The van der Waals surface area contributed by atoms with Crippen LogP contribution in [-0.4, -0.2) is 37.8 Å². The molecule has 0 unspecified atom stereocenters. The maximum atomic E-state index is 12.6. The molecule has 0 bridgehead atoms. The number of nitrogens with zero attached hydrogens (tertiary/aromatic N) is 1. The number of nitrogens with one attached hydrogen (secondary N) is 1. The van der Waals surface area contributed by atoms with E-state index >= 15 is 0 Å². The summed E-state index contributed by atoms with van der Waals surface area (Å²) < 4.78 is 32.4. The van der Waals surface area contributed by atoms with E-state index in [9.17, 15) is 13.2 Å². The smallest absolute Gasteiger partial charge is 0.265 e. The maximum Gasteiger partial charge on any atom is 0.265 e. The Kier molecular flexibility index (Phi) is 7.81. The van der Waals surface area contributed by atoms with E-state index in [4.69, 9.17) is 4.74 Å². The Morgan fingerprint density at radius 1 is 1.00 bits per heavy atom. The van der Waals surface area contributed by atoms with Crippen LogP contribution in [0.3, 0.4) is 0 Å². The molecule has 0 saturated heterocycles. The summed E-state index contributed by atoms with van der Waals surface area (Å²) in [5.74, 6) is 0.376. The van der Waals surface area contributed by atoms with Gasteiger partial charge in [0.15, 0.2) is 6.10 Å². The summed E-state index contributed by atoms with van der Waals surface area (Å²) in [5.41, 5.74) is 2.79. The molecule has 0 heterocycles. The second-order valence-electron chi connectivity index (χ2n) is 6.86. The molecule has 0 radical (unpaired) electrons. The number of carbonyl (C=O) groups excluding carboxylic acids is 1. The lowest BCUT2D eigenvalue weighted by Crippen LogP contribution is -2.32. The van der Waals surface area contributed by atoms with Gasteiger partial charge in [-0.15, -0.1) is 0 Å². The maximum absolute atomic E-state index is 12.6. The van der Waals surface area contributed by atoms with Crippen LogP contribution in [0.4, 0.5) is 5.69 Å². The van der Waals surface area contributed by atoms with Crippen LogP contribution >= 0.6 is 0 Å². The van der Waals surface area contributed by atoms with Gasteiger partial charge >= 0.3 is 0 Å². The molecule has 0 aliphatic heterocycles. The quantitative estimate of drug-likeness (QED) is 0.664. The first-order chi connectivity index (χ1) is 13.7. The van der Waals surface area contributed by atoms with E-state index < -0.39 is 16.1 Å². The lowest BCUT2D eigenvalue weighted by atomic mass is 10.1. The number of amides is 1. The number of ether oxygens (including phenoxy) is 1. The molecule has 2 aromatic carbocycles. The minimum absolute atomic E-state index is 0.206. The van der Waals surface area contributed by atoms with Crippen molar-refractivity contribution in [3.05, 3.63) is 53.6 Å². The number of hydrogen-bond donors (Lipinski definition) is 1. The summed E-state index contributed by atoms with van der Waals surface area (Å²) in [4.78, 5) is 12.8. The highest BCUT2D eigenvalue weighted by Crippen LogP contribution is 2.21. The minimum atomic E-state index is -3.52. The normalized spacial score (nSPS) is 12.6. The Hall–Kier alpha value is -2.38. The zero-order chi connectivity index (χ0) is 21.6. The third-order valence-electron chi connectivity index (χ3n) is 4.88. The highest BCUT2D eigenvalue weighted by atomic mass is 32.2. The molecule has 2 aromatic rings. The summed E-state index contributed by atoms with van der Waals surface area (Å²) >= 11 is 0. The SMILES string of the molecule is CC[C@H](Oc1ccc(C)c(C)c1)C(=O)Nc1ccc(S(=O)(=O)N(CC)CC)cc1. The molecule has 0 saturated carbocycles. The van der Waals surface area contributed by atoms with Gasteiger partial charge in [0.2, 0.25) is 10.0 Å². The van der Waals surface area contributed by atoms with Crippen LogP contribution in [0.5, 0.6) is 5.75 Å². The first-order valence-electron chi connectivity index (χ1n) is 9.87. The van der Waals surface area contributed by atoms with E-state index in [2.05, 4.69) is 5.32 Å². The van der Waals surface area contributed by atoms with Crippen molar-refractivity contribution < 1.29 is 17.9 Å². The fourth-order valence-corrected chi connectivity index (χ4v) is 4.38. The number of hydrogen-bond acceptors (Lipinski definition) is 4. The molecule has 158 valence electrons. The third-order valence-corrected chi connectivity index (χ3v) is 6.95. The Morgan fingerprint density at radius 2 is 1.62 bits per heavy atom. The van der Waals surface area contributed by atoms with Crippen molar-refractivity contribution in [3.63, 3.8) is 0 Å². The number of sulfonamides is 1. The van der Waals surface area contributed by atoms with Gasteiger partial charge in [-0.2, -0.15) is 4.31 Å². The van der Waals surface area contributed by atoms with Crippen LogP contribution in [0.15, 0.2) is 47.4 Å². The molecule has 0 aliphatic rings. The molecule has 1 atom stereocenters. The monoisotopic (exact) mass is 418 g/mol. The van der Waals surface area contributed by atoms with E-state index in [1.54, 1.807) is 26.0 Å². The minimum Gasteiger partial charge on any atom is -0.481 e. The van der Waals surface area contributed by atoms with E-state index in [0.29, 0.717) is 30.9 Å². The molecule has 0 fully saturated rings. The standard InChI is InChI=1S/C22H30N2O4S/c1-6-21(28-19-12-9-16(4)17(5)15-19)22(25)23-18-10-13-20(14-11-18)29(26,27)24(7-2)8-3/h9-15,21H,6-8H2,1-5H3,(H,23,25)/t21-/m0/s1. The van der Waals surface area contributed by atoms with E-state index in [-0.39, 0.29) is 10.8 Å². The number of carbonyl (C=O) groups is 1. The Balaban J connectivity index is 2.09. The average molecular weight is 419 g/mol. The molecular formula is C22H30N2O4S. The molecule has 7 heteroatoms.